The number of nitrogens with one attached hydrogen (secondary N) is 7. The molecule has 18 atom stereocenters. The van der Waals surface area contributed by atoms with Crippen molar-refractivity contribution < 1.29 is 156 Å². The molecule has 3 heterocycles. The molecule has 640 valence electrons. The van der Waals surface area contributed by atoms with E-state index in [1.807, 2.05) is 109 Å². The van der Waals surface area contributed by atoms with Crippen LogP contribution >= 0.6 is 0 Å². The number of aliphatic hydroxyl groups excluding tert-OH is 12. The van der Waals surface area contributed by atoms with Crippen LogP contribution in [0, 0.1) is 5.41 Å². The number of rotatable bonds is 33. The van der Waals surface area contributed by atoms with Gasteiger partial charge in [0.1, 0.15) is 118 Å². The zero-order valence-electron chi connectivity index (χ0n) is 63.3. The van der Waals surface area contributed by atoms with Crippen molar-refractivity contribution in [1.29, 1.82) is 0 Å². The third-order valence-corrected chi connectivity index (χ3v) is 21.0. The summed E-state index contributed by atoms with van der Waals surface area (Å²) in [7, 11) is 0. The fraction of sp³-hybridized carbons (Fsp3) is 0.443. The quantitative estimate of drug-likeness (QED) is 0.0154. The first-order valence-electron chi connectivity index (χ1n) is 37.8. The smallest absolute Gasteiger partial charge is 0.410 e. The molecule has 6 aromatic rings. The van der Waals surface area contributed by atoms with Crippen LogP contribution < -0.4 is 43.0 Å². The van der Waals surface area contributed by atoms with Crippen molar-refractivity contribution in [3.8, 4) is 33.4 Å². The molecule has 3 aliphatic heterocycles. The highest BCUT2D eigenvalue weighted by atomic mass is 16.7. The zero-order chi connectivity index (χ0) is 84.8. The highest BCUT2D eigenvalue weighted by Crippen LogP contribution is 2.47. The molecule has 0 spiro atoms. The second kappa shape index (κ2) is 39.8. The number of hydrogen-bond donors (Lipinski definition) is 20. The van der Waals surface area contributed by atoms with E-state index in [0.29, 0.717) is 0 Å². The summed E-state index contributed by atoms with van der Waals surface area (Å²) < 4.78 is 67.6. The summed E-state index contributed by atoms with van der Waals surface area (Å²) in [6, 6.07) is 44.0. The van der Waals surface area contributed by atoms with E-state index < -0.39 is 248 Å². The van der Waals surface area contributed by atoms with Gasteiger partial charge in [-0.25, -0.2) is 28.8 Å². The third-order valence-electron chi connectivity index (χ3n) is 21.0. The Bertz CT molecular complexity index is 3990. The van der Waals surface area contributed by atoms with Crippen LogP contribution in [-0.2, 0) is 66.4 Å². The molecule has 0 bridgehead atoms. The number of carbonyl (C=O) groups excluding carboxylic acids is 8. The van der Waals surface area contributed by atoms with E-state index >= 15 is 4.79 Å². The fourth-order valence-corrected chi connectivity index (χ4v) is 14.8. The van der Waals surface area contributed by atoms with Crippen molar-refractivity contribution in [2.24, 2.45) is 11.1 Å². The van der Waals surface area contributed by atoms with Gasteiger partial charge in [0.2, 0.25) is 30.5 Å². The number of aliphatic hydroxyl groups is 12. The molecule has 3 unspecified atom stereocenters. The van der Waals surface area contributed by atoms with Crippen molar-refractivity contribution in [3.63, 3.8) is 0 Å². The summed E-state index contributed by atoms with van der Waals surface area (Å²) in [5.41, 5.74) is 12.8. The van der Waals surface area contributed by atoms with Gasteiger partial charge in [0.25, 0.3) is 0 Å². The second-order valence-corrected chi connectivity index (χ2v) is 28.7. The van der Waals surface area contributed by atoms with Gasteiger partial charge in [-0.05, 0) is 66.8 Å². The minimum Gasteiger partial charge on any atom is -0.448 e. The maximum atomic E-state index is 15.1. The Labute approximate surface area is 677 Å². The number of primary amides is 1. The molecule has 8 amide bonds. The highest BCUT2D eigenvalue weighted by molar-refractivity contribution is 5.89. The minimum atomic E-state index is -2.67. The Hall–Kier alpha value is -10.8. The van der Waals surface area contributed by atoms with E-state index in [0.717, 1.165) is 66.8 Å². The topological polar surface area (TPSA) is 600 Å². The first-order chi connectivity index (χ1) is 57.3. The van der Waals surface area contributed by atoms with E-state index in [-0.39, 0.29) is 19.8 Å². The van der Waals surface area contributed by atoms with Crippen LogP contribution in [0.5, 0.6) is 0 Å². The number of amides is 8. The third kappa shape index (κ3) is 20.5. The fourth-order valence-electron chi connectivity index (χ4n) is 14.8. The average molecular weight is 1670 g/mol. The molecule has 6 aliphatic rings. The van der Waals surface area contributed by atoms with Gasteiger partial charge in [-0.15, -0.1) is 0 Å². The number of carbonyl (C=O) groups is 8. The van der Waals surface area contributed by atoms with E-state index in [4.69, 9.17) is 62.6 Å². The summed E-state index contributed by atoms with van der Waals surface area (Å²) >= 11 is 0. The monoisotopic (exact) mass is 1660 g/mol. The standard InChI is InChI=1S/C79H92N8O32/c80-56(91)25-81-72(101)79(35-82-73(102)117-57(32-108-69-66(98)63(95)60(92)53(26-88)114-69)85-76(105)111-29-50-44-19-7-1-13-38(44)39-14-2-8-20-45(39)50,36-83-74(103)118-58(33-109-70-67(99)64(96)61(93)54(27-89)115-70)86-77(106)112-30-51-46-21-9-3-15-40(46)41-16-4-10-22-47(41)51)37-84-75(104)119-59(34-110-71-68(100)65(97)62(94)55(28-90)116-71)87-78(107)113-31-52-48-23-11-5-17-42(48)43-18-6-12-24-49(43)52/h1-24,50-55,57-71,88-90,92-100H,25-37H2,(H2,80,91)(H,81,101)(H,82,102)(H,83,103)(H,84,104)(H,85,105)(H,86,106)(H,87,107)/t53-,54-,55-,57?,58?,59?,60-,61+,62+,63+,64+,65+,66-,67-,68-,69-,70-,71-,79?/m1/s1. The predicted octanol–water partition coefficient (Wildman–Crippen LogP) is -2.20. The molecular formula is C79H92N8O32. The summed E-state index contributed by atoms with van der Waals surface area (Å²) in [6.07, 6.45) is -42.8. The van der Waals surface area contributed by atoms with E-state index in [1.54, 1.807) is 36.4 Å². The molecular weight excluding hydrogens is 1570 g/mol. The number of hydrogen-bond acceptors (Lipinski definition) is 32. The van der Waals surface area contributed by atoms with Gasteiger partial charge in [-0.3, -0.25) is 25.5 Å². The van der Waals surface area contributed by atoms with Crippen LogP contribution in [-0.4, -0.2) is 306 Å². The largest absolute Gasteiger partial charge is 0.448 e. The predicted molar refractivity (Wildman–Crippen MR) is 403 cm³/mol. The normalized spacial score (nSPS) is 25.3. The Kier molecular flexibility index (Phi) is 29.3. The zero-order valence-corrected chi connectivity index (χ0v) is 63.3. The molecule has 21 N–H and O–H groups in total. The van der Waals surface area contributed by atoms with Gasteiger partial charge in [-0.2, -0.15) is 0 Å². The molecule has 40 heteroatoms. The lowest BCUT2D eigenvalue weighted by atomic mass is 9.86. The van der Waals surface area contributed by atoms with Crippen LogP contribution in [0.4, 0.5) is 28.8 Å². The van der Waals surface area contributed by atoms with Crippen molar-refractivity contribution >= 4 is 48.4 Å². The van der Waals surface area contributed by atoms with Gasteiger partial charge >= 0.3 is 36.6 Å². The van der Waals surface area contributed by atoms with Gasteiger partial charge < -0.3 is 145 Å². The van der Waals surface area contributed by atoms with E-state index in [1.165, 1.54) is 0 Å². The number of alkyl carbamates (subject to hydrolysis) is 6. The second-order valence-electron chi connectivity index (χ2n) is 28.7. The van der Waals surface area contributed by atoms with Gasteiger partial charge in [0, 0.05) is 37.4 Å². The van der Waals surface area contributed by atoms with Gasteiger partial charge in [0.05, 0.1) is 26.4 Å². The lowest BCUT2D eigenvalue weighted by Crippen LogP contribution is -2.61. The summed E-state index contributed by atoms with van der Waals surface area (Å²) in [4.78, 5) is 113. The number of fused-ring (bicyclic) bond motifs is 9. The average Bonchev–Trinajstić information content (AvgIpc) is 1.64. The molecule has 119 heavy (non-hydrogen) atoms. The Morgan fingerprint density at radius 1 is 0.345 bits per heavy atom. The van der Waals surface area contributed by atoms with Crippen LogP contribution in [0.15, 0.2) is 146 Å². The molecule has 40 nitrogen and oxygen atoms in total. The van der Waals surface area contributed by atoms with Crippen molar-refractivity contribution in [1.82, 2.24) is 37.2 Å². The Morgan fingerprint density at radius 3 is 0.824 bits per heavy atom. The van der Waals surface area contributed by atoms with Gasteiger partial charge in [0.15, 0.2) is 18.9 Å². The SMILES string of the molecule is NC(=O)CNC(=O)C(CNC(=O)OC(CO[C@@H]1O[C@H](CO)[C@@H](O)[C@H](O)[C@H]1O)NC(=O)OCC1c2ccccc2-c2ccccc21)(CNC(=O)OC(CO[C@@H]1O[C@H](CO)[C@H](O)[C@H](O)[C@H]1O)NC(=O)OCC1c2ccccc2-c2ccccc21)CNC(=O)OC(CO[C@@H]1O[C@H](CO)[C@H](O)[C@H](O)[C@H]1O)NC(=O)OCC1c2ccccc2-c2ccccc21. The first-order valence-corrected chi connectivity index (χ1v) is 37.8. The summed E-state index contributed by atoms with van der Waals surface area (Å²) in [5, 5.41) is 142. The molecule has 0 radical (unpaired) electrons. The maximum absolute atomic E-state index is 15.1. The molecule has 3 saturated heterocycles. The lowest BCUT2D eigenvalue weighted by Gasteiger charge is -2.40. The number of benzene rings is 6. The molecule has 0 saturated carbocycles. The Morgan fingerprint density at radius 2 is 0.588 bits per heavy atom. The number of nitrogens with two attached hydrogens (primary N) is 1. The van der Waals surface area contributed by atoms with Crippen molar-refractivity contribution in [2.45, 2.75) is 129 Å². The van der Waals surface area contributed by atoms with Gasteiger partial charge in [-0.1, -0.05) is 146 Å². The molecule has 3 aliphatic carbocycles. The molecule has 6 aromatic carbocycles. The molecule has 12 rings (SSSR count). The van der Waals surface area contributed by atoms with Crippen LogP contribution in [0.1, 0.15) is 51.1 Å². The van der Waals surface area contributed by atoms with E-state index in [9.17, 15) is 94.8 Å². The van der Waals surface area contributed by atoms with E-state index in [2.05, 4.69) is 37.2 Å². The highest BCUT2D eigenvalue weighted by Gasteiger charge is 2.49. The summed E-state index contributed by atoms with van der Waals surface area (Å²) in [5.74, 6) is -4.13. The van der Waals surface area contributed by atoms with Crippen molar-refractivity contribution in [3.05, 3.63) is 179 Å². The molecule has 0 aromatic heterocycles. The van der Waals surface area contributed by atoms with Crippen LogP contribution in [0.2, 0.25) is 0 Å². The molecule has 3 fully saturated rings. The first kappa shape index (κ1) is 87.5. The van der Waals surface area contributed by atoms with Crippen LogP contribution in [0.25, 0.3) is 33.4 Å². The number of ether oxygens (including phenoxy) is 12. The van der Waals surface area contributed by atoms with Crippen LogP contribution in [0.3, 0.4) is 0 Å². The lowest BCUT2D eigenvalue weighted by molar-refractivity contribution is -0.304. The maximum Gasteiger partial charge on any atom is 0.410 e. The Balaban J connectivity index is 0.818. The van der Waals surface area contributed by atoms with Crippen molar-refractivity contribution in [2.75, 3.05) is 85.6 Å². The summed E-state index contributed by atoms with van der Waals surface area (Å²) in [6.45, 7) is -11.3. The minimum absolute atomic E-state index is 0.310.